The van der Waals surface area contributed by atoms with Gasteiger partial charge in [0.15, 0.2) is 5.72 Å². The molecule has 0 saturated heterocycles. The smallest absolute Gasteiger partial charge is 0.234 e. The summed E-state index contributed by atoms with van der Waals surface area (Å²) in [5.41, 5.74) is 3.61. The lowest BCUT2D eigenvalue weighted by Crippen LogP contribution is -2.62. The lowest BCUT2D eigenvalue weighted by molar-refractivity contribution is -0.297. The van der Waals surface area contributed by atoms with Crippen LogP contribution in [0.4, 0.5) is 0 Å². The van der Waals surface area contributed by atoms with Crippen molar-refractivity contribution >= 4 is 0 Å². The molecule has 1 unspecified atom stereocenters. The summed E-state index contributed by atoms with van der Waals surface area (Å²) in [6.07, 6.45) is 0. The zero-order valence-electron chi connectivity index (χ0n) is 8.88. The number of benzene rings is 1. The Kier molecular flexibility index (Phi) is 3.16. The molecular weight excluding hydrogens is 194 g/mol. The van der Waals surface area contributed by atoms with Crippen molar-refractivity contribution in [1.82, 2.24) is 0 Å². The van der Waals surface area contributed by atoms with E-state index in [0.717, 1.165) is 0 Å². The molecule has 0 saturated carbocycles. The highest BCUT2D eigenvalue weighted by atomic mass is 16.5. The molecule has 0 amide bonds. The van der Waals surface area contributed by atoms with Crippen molar-refractivity contribution in [2.45, 2.75) is 25.4 Å². The summed E-state index contributed by atoms with van der Waals surface area (Å²) in [6, 6.07) is 8.03. The fourth-order valence-electron chi connectivity index (χ4n) is 1.30. The van der Waals surface area contributed by atoms with Crippen molar-refractivity contribution in [3.05, 3.63) is 35.9 Å². The molecule has 0 aliphatic carbocycles. The first-order valence-corrected chi connectivity index (χ1v) is 4.81. The molecule has 1 aromatic rings. The van der Waals surface area contributed by atoms with Crippen molar-refractivity contribution in [2.24, 2.45) is 11.7 Å². The Morgan fingerprint density at radius 2 is 1.53 bits per heavy atom. The van der Waals surface area contributed by atoms with Crippen LogP contribution in [-0.4, -0.2) is 21.0 Å². The molecule has 5 N–H and O–H groups in total. The maximum absolute atomic E-state index is 9.86. The topological polar surface area (TPSA) is 86.7 Å². The number of rotatable bonds is 3. The quantitative estimate of drug-likeness (QED) is 0.535. The highest BCUT2D eigenvalue weighted by Crippen LogP contribution is 2.31. The Morgan fingerprint density at radius 1 is 1.07 bits per heavy atom. The van der Waals surface area contributed by atoms with Gasteiger partial charge >= 0.3 is 0 Å². The number of hydrogen-bond acceptors (Lipinski definition) is 4. The second-order valence-electron chi connectivity index (χ2n) is 4.02. The Balaban J connectivity index is 3.13. The predicted molar refractivity (Wildman–Crippen MR) is 56.5 cm³/mol. The van der Waals surface area contributed by atoms with Crippen LogP contribution in [0.2, 0.25) is 0 Å². The zero-order valence-corrected chi connectivity index (χ0v) is 8.88. The first-order chi connectivity index (χ1) is 6.80. The van der Waals surface area contributed by atoms with Gasteiger partial charge in [0.1, 0.15) is 0 Å². The van der Waals surface area contributed by atoms with E-state index in [1.54, 1.807) is 32.0 Å². The molecule has 0 radical (unpaired) electrons. The van der Waals surface area contributed by atoms with Gasteiger partial charge in [-0.25, -0.2) is 0 Å². The van der Waals surface area contributed by atoms with Crippen LogP contribution >= 0.6 is 0 Å². The average Bonchev–Trinajstić information content (AvgIpc) is 2.18. The third-order valence-corrected chi connectivity index (χ3v) is 2.61. The lowest BCUT2D eigenvalue weighted by atomic mass is 9.87. The monoisotopic (exact) mass is 211 g/mol. The van der Waals surface area contributed by atoms with E-state index in [0.29, 0.717) is 0 Å². The summed E-state index contributed by atoms with van der Waals surface area (Å²) in [4.78, 5) is 0. The van der Waals surface area contributed by atoms with Crippen LogP contribution in [0.15, 0.2) is 30.3 Å². The van der Waals surface area contributed by atoms with E-state index in [1.807, 2.05) is 0 Å². The molecular formula is C11H17NO3. The minimum atomic E-state index is -2.46. The standard InChI is InChI=1S/C11H17NO3/c1-8(2)10(12,13)11(14,15)9-6-4-3-5-7-9/h3-8,13-15H,12H2,1-2H3. The van der Waals surface area contributed by atoms with Gasteiger partial charge in [-0.3, -0.25) is 5.73 Å². The summed E-state index contributed by atoms with van der Waals surface area (Å²) in [6.45, 7) is 3.23. The highest BCUT2D eigenvalue weighted by molar-refractivity contribution is 5.22. The summed E-state index contributed by atoms with van der Waals surface area (Å²) in [5.74, 6) is -2.95. The van der Waals surface area contributed by atoms with Crippen LogP contribution in [0.5, 0.6) is 0 Å². The second kappa shape index (κ2) is 3.90. The van der Waals surface area contributed by atoms with E-state index < -0.39 is 17.4 Å². The Morgan fingerprint density at radius 3 is 1.93 bits per heavy atom. The molecule has 84 valence electrons. The molecule has 1 rings (SSSR count). The SMILES string of the molecule is CC(C)C(N)(O)C(O)(O)c1ccccc1. The van der Waals surface area contributed by atoms with Crippen molar-refractivity contribution in [1.29, 1.82) is 0 Å². The summed E-state index contributed by atoms with van der Waals surface area (Å²) < 4.78 is 0. The van der Waals surface area contributed by atoms with E-state index in [2.05, 4.69) is 0 Å². The van der Waals surface area contributed by atoms with Crippen molar-refractivity contribution in [3.63, 3.8) is 0 Å². The van der Waals surface area contributed by atoms with Crippen LogP contribution in [0, 0.1) is 5.92 Å². The van der Waals surface area contributed by atoms with Gasteiger partial charge in [0.2, 0.25) is 5.79 Å². The van der Waals surface area contributed by atoms with E-state index in [4.69, 9.17) is 5.73 Å². The van der Waals surface area contributed by atoms with E-state index in [9.17, 15) is 15.3 Å². The van der Waals surface area contributed by atoms with Crippen LogP contribution in [0.25, 0.3) is 0 Å². The van der Waals surface area contributed by atoms with Crippen molar-refractivity contribution in [3.8, 4) is 0 Å². The van der Waals surface area contributed by atoms with Crippen LogP contribution in [-0.2, 0) is 5.79 Å². The second-order valence-corrected chi connectivity index (χ2v) is 4.02. The average molecular weight is 211 g/mol. The van der Waals surface area contributed by atoms with E-state index >= 15 is 0 Å². The van der Waals surface area contributed by atoms with Gasteiger partial charge in [0, 0.05) is 11.5 Å². The molecule has 1 aromatic carbocycles. The van der Waals surface area contributed by atoms with Gasteiger partial charge in [0.25, 0.3) is 0 Å². The lowest BCUT2D eigenvalue weighted by Gasteiger charge is -2.39. The number of nitrogens with two attached hydrogens (primary N) is 1. The largest absolute Gasteiger partial charge is 0.370 e. The molecule has 0 aliphatic heterocycles. The maximum Gasteiger partial charge on any atom is 0.234 e. The zero-order chi connectivity index (χ0) is 11.7. The van der Waals surface area contributed by atoms with Gasteiger partial charge in [-0.05, 0) is 0 Å². The molecule has 1 atom stereocenters. The summed E-state index contributed by atoms with van der Waals surface area (Å²) >= 11 is 0. The molecule has 0 heterocycles. The summed E-state index contributed by atoms with van der Waals surface area (Å²) in [5, 5.41) is 29.6. The van der Waals surface area contributed by atoms with Crippen LogP contribution in [0.3, 0.4) is 0 Å². The van der Waals surface area contributed by atoms with E-state index in [1.165, 1.54) is 12.1 Å². The molecule has 0 bridgehead atoms. The molecule has 4 nitrogen and oxygen atoms in total. The molecule has 15 heavy (non-hydrogen) atoms. The van der Waals surface area contributed by atoms with Crippen LogP contribution in [0.1, 0.15) is 19.4 Å². The van der Waals surface area contributed by atoms with Crippen molar-refractivity contribution in [2.75, 3.05) is 0 Å². The molecule has 0 aliphatic rings. The predicted octanol–water partition coefficient (Wildman–Crippen LogP) is 0.127. The molecule has 0 aromatic heterocycles. The Hall–Kier alpha value is -0.940. The van der Waals surface area contributed by atoms with Gasteiger partial charge < -0.3 is 15.3 Å². The molecule has 4 heteroatoms. The Labute approximate surface area is 89.0 Å². The molecule has 0 fully saturated rings. The van der Waals surface area contributed by atoms with Gasteiger partial charge in [-0.1, -0.05) is 44.2 Å². The molecule has 0 spiro atoms. The van der Waals surface area contributed by atoms with Gasteiger partial charge in [-0.15, -0.1) is 0 Å². The first kappa shape index (κ1) is 12.1. The third-order valence-electron chi connectivity index (χ3n) is 2.61. The van der Waals surface area contributed by atoms with Gasteiger partial charge in [0.05, 0.1) is 0 Å². The normalized spacial score (nSPS) is 16.5. The maximum atomic E-state index is 9.86. The fourth-order valence-corrected chi connectivity index (χ4v) is 1.30. The summed E-state index contributed by atoms with van der Waals surface area (Å²) in [7, 11) is 0. The number of aliphatic hydroxyl groups is 3. The minimum absolute atomic E-state index is 0.170. The Bertz CT molecular complexity index is 320. The van der Waals surface area contributed by atoms with Crippen LogP contribution < -0.4 is 5.73 Å². The van der Waals surface area contributed by atoms with Crippen molar-refractivity contribution < 1.29 is 15.3 Å². The fraction of sp³-hybridized carbons (Fsp3) is 0.455. The van der Waals surface area contributed by atoms with Gasteiger partial charge in [-0.2, -0.15) is 0 Å². The highest BCUT2D eigenvalue weighted by Gasteiger charge is 2.48. The third kappa shape index (κ3) is 2.03. The number of hydrogen-bond donors (Lipinski definition) is 4. The van der Waals surface area contributed by atoms with E-state index in [-0.39, 0.29) is 5.56 Å². The first-order valence-electron chi connectivity index (χ1n) is 4.81. The minimum Gasteiger partial charge on any atom is -0.370 e.